The second kappa shape index (κ2) is 7.79. The van der Waals surface area contributed by atoms with E-state index in [0.29, 0.717) is 24.5 Å². The fourth-order valence-electron chi connectivity index (χ4n) is 2.63. The minimum atomic E-state index is -3.77. The van der Waals surface area contributed by atoms with Gasteiger partial charge in [-0.25, -0.2) is 8.42 Å². The predicted molar refractivity (Wildman–Crippen MR) is 95.4 cm³/mol. The number of likely N-dealkylation sites (N-methyl/N-ethyl adjacent to an activating group) is 2. The second-order valence-electron chi connectivity index (χ2n) is 5.92. The Morgan fingerprint density at radius 1 is 1.20 bits per heavy atom. The molecule has 136 valence electrons. The smallest absolute Gasteiger partial charge is 0.246 e. The summed E-state index contributed by atoms with van der Waals surface area (Å²) in [7, 11) is -2.36. The highest BCUT2D eigenvalue weighted by molar-refractivity contribution is 7.89. The van der Waals surface area contributed by atoms with Crippen LogP contribution >= 0.6 is 0 Å². The van der Waals surface area contributed by atoms with Crippen LogP contribution in [-0.2, 0) is 21.4 Å². The van der Waals surface area contributed by atoms with Gasteiger partial charge in [0, 0.05) is 20.1 Å². The Labute approximate surface area is 148 Å². The van der Waals surface area contributed by atoms with Crippen molar-refractivity contribution >= 4 is 15.9 Å². The third-order valence-electron chi connectivity index (χ3n) is 4.04. The molecule has 0 aliphatic carbocycles. The number of nitrogens with one attached hydrogen (secondary N) is 1. The van der Waals surface area contributed by atoms with Gasteiger partial charge in [0.05, 0.1) is 17.9 Å². The number of aromatic nitrogens is 2. The zero-order valence-corrected chi connectivity index (χ0v) is 15.8. The fourth-order valence-corrected chi connectivity index (χ4v) is 4.08. The van der Waals surface area contributed by atoms with Crippen LogP contribution in [0.2, 0.25) is 0 Å². The monoisotopic (exact) mass is 364 g/mol. The number of hydrogen-bond acceptors (Lipinski definition) is 4. The molecule has 0 radical (unpaired) electrons. The third-order valence-corrected chi connectivity index (χ3v) is 6.10. The lowest BCUT2D eigenvalue weighted by molar-refractivity contribution is -0.131. The summed E-state index contributed by atoms with van der Waals surface area (Å²) in [5.74, 6) is -0.240. The molecule has 0 bridgehead atoms. The zero-order chi connectivity index (χ0) is 18.6. The van der Waals surface area contributed by atoms with Gasteiger partial charge in [-0.1, -0.05) is 30.3 Å². The summed E-state index contributed by atoms with van der Waals surface area (Å²) >= 11 is 0. The van der Waals surface area contributed by atoms with Crippen LogP contribution in [-0.4, -0.2) is 53.9 Å². The topological polar surface area (TPSA) is 86.4 Å². The zero-order valence-electron chi connectivity index (χ0n) is 15.0. The lowest BCUT2D eigenvalue weighted by Gasteiger charge is -2.24. The van der Waals surface area contributed by atoms with Crippen LogP contribution in [0.1, 0.15) is 23.9 Å². The Bertz CT molecular complexity index is 811. The Morgan fingerprint density at radius 3 is 2.36 bits per heavy atom. The first-order valence-electron chi connectivity index (χ1n) is 8.07. The maximum Gasteiger partial charge on any atom is 0.246 e. The molecule has 0 aliphatic heterocycles. The molecule has 2 aromatic rings. The van der Waals surface area contributed by atoms with Crippen molar-refractivity contribution in [3.63, 3.8) is 0 Å². The van der Waals surface area contributed by atoms with Gasteiger partial charge < -0.3 is 4.90 Å². The number of nitrogens with zero attached hydrogens (tertiary/aromatic N) is 3. The molecule has 1 aromatic heterocycles. The summed E-state index contributed by atoms with van der Waals surface area (Å²) < 4.78 is 26.5. The van der Waals surface area contributed by atoms with Crippen molar-refractivity contribution in [1.82, 2.24) is 19.4 Å². The first-order chi connectivity index (χ1) is 11.8. The summed E-state index contributed by atoms with van der Waals surface area (Å²) in [4.78, 5) is 14.3. The van der Waals surface area contributed by atoms with Gasteiger partial charge in [-0.3, -0.25) is 9.89 Å². The van der Waals surface area contributed by atoms with Crippen LogP contribution in [0.4, 0.5) is 0 Å². The Hall–Kier alpha value is -2.19. The summed E-state index contributed by atoms with van der Waals surface area (Å²) in [5, 5.41) is 6.59. The van der Waals surface area contributed by atoms with E-state index in [9.17, 15) is 13.2 Å². The Morgan fingerprint density at radius 2 is 1.84 bits per heavy atom. The minimum absolute atomic E-state index is 0.133. The largest absolute Gasteiger partial charge is 0.338 e. The van der Waals surface area contributed by atoms with Crippen LogP contribution in [0.25, 0.3) is 0 Å². The number of aromatic amines is 1. The van der Waals surface area contributed by atoms with Gasteiger partial charge in [0.2, 0.25) is 15.9 Å². The van der Waals surface area contributed by atoms with E-state index in [4.69, 9.17) is 0 Å². The second-order valence-corrected chi connectivity index (χ2v) is 7.90. The highest BCUT2D eigenvalue weighted by atomic mass is 32.2. The van der Waals surface area contributed by atoms with E-state index in [-0.39, 0.29) is 17.3 Å². The summed E-state index contributed by atoms with van der Waals surface area (Å²) in [6.45, 7) is 5.89. The lowest BCUT2D eigenvalue weighted by atomic mass is 10.2. The first kappa shape index (κ1) is 19.1. The van der Waals surface area contributed by atoms with Gasteiger partial charge in [0.1, 0.15) is 4.90 Å². The van der Waals surface area contributed by atoms with Crippen molar-refractivity contribution in [2.24, 2.45) is 0 Å². The number of benzene rings is 1. The van der Waals surface area contributed by atoms with E-state index < -0.39 is 10.0 Å². The fraction of sp³-hybridized carbons (Fsp3) is 0.412. The molecule has 0 saturated carbocycles. The van der Waals surface area contributed by atoms with Gasteiger partial charge >= 0.3 is 0 Å². The molecule has 1 heterocycles. The number of hydrogen-bond donors (Lipinski definition) is 1. The highest BCUT2D eigenvalue weighted by Gasteiger charge is 2.29. The van der Waals surface area contributed by atoms with Crippen LogP contribution in [0.5, 0.6) is 0 Å². The van der Waals surface area contributed by atoms with E-state index in [0.717, 1.165) is 9.87 Å². The average molecular weight is 364 g/mol. The molecular formula is C17H24N4O3S. The van der Waals surface area contributed by atoms with E-state index in [1.165, 1.54) is 7.05 Å². The number of carbonyl (C=O) groups excluding carboxylic acids is 1. The summed E-state index contributed by atoms with van der Waals surface area (Å²) in [5.41, 5.74) is 1.87. The molecule has 0 atom stereocenters. The van der Waals surface area contributed by atoms with Gasteiger partial charge in [-0.2, -0.15) is 9.40 Å². The number of rotatable bonds is 7. The molecule has 0 unspecified atom stereocenters. The number of H-pyrrole nitrogens is 1. The molecule has 0 aliphatic rings. The molecular weight excluding hydrogens is 340 g/mol. The van der Waals surface area contributed by atoms with Crippen molar-refractivity contribution < 1.29 is 13.2 Å². The molecule has 1 aromatic carbocycles. The maximum absolute atomic E-state index is 12.7. The molecule has 0 spiro atoms. The van der Waals surface area contributed by atoms with E-state index in [1.54, 1.807) is 18.7 Å². The van der Waals surface area contributed by atoms with Crippen LogP contribution < -0.4 is 0 Å². The number of carbonyl (C=O) groups is 1. The molecule has 7 nitrogen and oxygen atoms in total. The van der Waals surface area contributed by atoms with Crippen molar-refractivity contribution in [3.05, 3.63) is 47.3 Å². The van der Waals surface area contributed by atoms with Crippen LogP contribution in [0, 0.1) is 13.8 Å². The molecule has 2 rings (SSSR count). The van der Waals surface area contributed by atoms with Crippen molar-refractivity contribution in [2.75, 3.05) is 20.1 Å². The number of sulfonamides is 1. The first-order valence-corrected chi connectivity index (χ1v) is 9.51. The number of amides is 1. The summed E-state index contributed by atoms with van der Waals surface area (Å²) in [6, 6.07) is 9.62. The normalized spacial score (nSPS) is 11.7. The molecule has 25 heavy (non-hydrogen) atoms. The third kappa shape index (κ3) is 4.26. The van der Waals surface area contributed by atoms with Gasteiger partial charge in [-0.05, 0) is 26.3 Å². The van der Waals surface area contributed by atoms with Gasteiger partial charge in [-0.15, -0.1) is 0 Å². The molecule has 8 heteroatoms. The maximum atomic E-state index is 12.7. The molecule has 1 amide bonds. The van der Waals surface area contributed by atoms with Crippen molar-refractivity contribution in [2.45, 2.75) is 32.2 Å². The van der Waals surface area contributed by atoms with Crippen molar-refractivity contribution in [1.29, 1.82) is 0 Å². The Balaban J connectivity index is 2.13. The Kier molecular flexibility index (Phi) is 5.97. The van der Waals surface area contributed by atoms with Crippen LogP contribution in [0.3, 0.4) is 0 Å². The van der Waals surface area contributed by atoms with Crippen LogP contribution in [0.15, 0.2) is 35.2 Å². The molecule has 0 fully saturated rings. The lowest BCUT2D eigenvalue weighted by Crippen LogP contribution is -2.41. The molecule has 0 saturated heterocycles. The van der Waals surface area contributed by atoms with Gasteiger partial charge in [0.15, 0.2) is 0 Å². The standard InChI is InChI=1S/C17H24N4O3S/c1-5-21(11-15-9-7-6-8-10-15)16(22)12-20(4)25(23,24)17-13(2)18-19-14(17)3/h6-10H,5,11-12H2,1-4H3,(H,18,19). The van der Waals surface area contributed by atoms with E-state index >= 15 is 0 Å². The van der Waals surface area contributed by atoms with Gasteiger partial charge in [0.25, 0.3) is 0 Å². The van der Waals surface area contributed by atoms with E-state index in [2.05, 4.69) is 10.2 Å². The summed E-state index contributed by atoms with van der Waals surface area (Å²) in [6.07, 6.45) is 0. The average Bonchev–Trinajstić information content (AvgIpc) is 2.92. The van der Waals surface area contributed by atoms with E-state index in [1.807, 2.05) is 37.3 Å². The van der Waals surface area contributed by atoms with Crippen molar-refractivity contribution in [3.8, 4) is 0 Å². The SMILES string of the molecule is CCN(Cc1ccccc1)C(=O)CN(C)S(=O)(=O)c1c(C)n[nH]c1C. The number of aryl methyl sites for hydroxylation is 2. The predicted octanol–water partition coefficient (Wildman–Crippen LogP) is 1.70. The highest BCUT2D eigenvalue weighted by Crippen LogP contribution is 2.20. The molecule has 1 N–H and O–H groups in total. The minimum Gasteiger partial charge on any atom is -0.338 e. The quantitative estimate of drug-likeness (QED) is 0.810.